The molecule has 0 atom stereocenters. The molecule has 0 fully saturated rings. The third-order valence-electron chi connectivity index (χ3n) is 7.15. The first-order valence-electron chi connectivity index (χ1n) is 14.7. The van der Waals surface area contributed by atoms with Gasteiger partial charge in [0.1, 0.15) is 11.2 Å². The molecule has 0 saturated carbocycles. The molecule has 0 radical (unpaired) electrons. The van der Waals surface area contributed by atoms with Gasteiger partial charge in [-0.05, 0) is 101 Å². The summed E-state index contributed by atoms with van der Waals surface area (Å²) in [6, 6.07) is 16.1. The number of hydrogen-bond donors (Lipinski definition) is 0. The van der Waals surface area contributed by atoms with E-state index >= 15 is 0 Å². The van der Waals surface area contributed by atoms with E-state index in [1.165, 1.54) is 11.1 Å². The van der Waals surface area contributed by atoms with Crippen LogP contribution in [0, 0.1) is 0 Å². The molecule has 3 heterocycles. The number of nitrogens with zero attached hydrogens (tertiary/aromatic N) is 4. The SMILES string of the molecule is CC(C)(C)OC(=O)N1CC=C(c2ccc(-c3nnc(-c4ccc(C5=CCN(C(=O)OC(C)(C)C)CC5)cc4)o3)cc2)CC1. The quantitative estimate of drug-likeness (QED) is 0.314. The minimum Gasteiger partial charge on any atom is -0.444 e. The maximum Gasteiger partial charge on any atom is 0.410 e. The summed E-state index contributed by atoms with van der Waals surface area (Å²) in [6.45, 7) is 13.5. The molecule has 43 heavy (non-hydrogen) atoms. The second-order valence-electron chi connectivity index (χ2n) is 12.9. The second kappa shape index (κ2) is 12.1. The molecule has 9 heteroatoms. The number of rotatable bonds is 4. The summed E-state index contributed by atoms with van der Waals surface area (Å²) in [5.74, 6) is 0.910. The van der Waals surface area contributed by atoms with Crippen molar-refractivity contribution in [1.29, 1.82) is 0 Å². The van der Waals surface area contributed by atoms with Crippen LogP contribution in [0.4, 0.5) is 9.59 Å². The lowest BCUT2D eigenvalue weighted by molar-refractivity contribution is 0.0260. The van der Waals surface area contributed by atoms with E-state index in [4.69, 9.17) is 13.9 Å². The third kappa shape index (κ3) is 7.71. The van der Waals surface area contributed by atoms with Gasteiger partial charge in [-0.15, -0.1) is 10.2 Å². The van der Waals surface area contributed by atoms with E-state index in [1.807, 2.05) is 90.1 Å². The van der Waals surface area contributed by atoms with Crippen LogP contribution in [0.2, 0.25) is 0 Å². The molecule has 9 nitrogen and oxygen atoms in total. The standard InChI is InChI=1S/C34H40N4O5/c1-33(2,3)42-31(39)37-19-15-25(16-20-37)23-7-11-27(12-8-23)29-35-36-30(41-29)28-13-9-24(10-14-28)26-17-21-38(22-18-26)32(40)43-34(4,5)6/h7-15,17H,16,18-22H2,1-6H3. The van der Waals surface area contributed by atoms with Gasteiger partial charge in [-0.2, -0.15) is 0 Å². The van der Waals surface area contributed by atoms with Crippen LogP contribution in [-0.2, 0) is 9.47 Å². The Kier molecular flexibility index (Phi) is 8.44. The van der Waals surface area contributed by atoms with E-state index in [1.54, 1.807) is 9.80 Å². The van der Waals surface area contributed by atoms with E-state index in [0.29, 0.717) is 38.0 Å². The van der Waals surface area contributed by atoms with Crippen molar-refractivity contribution in [3.63, 3.8) is 0 Å². The van der Waals surface area contributed by atoms with Crippen LogP contribution >= 0.6 is 0 Å². The molecule has 226 valence electrons. The van der Waals surface area contributed by atoms with Gasteiger partial charge in [-0.1, -0.05) is 36.4 Å². The van der Waals surface area contributed by atoms with Crippen LogP contribution in [0.1, 0.15) is 65.5 Å². The highest BCUT2D eigenvalue weighted by Gasteiger charge is 2.25. The van der Waals surface area contributed by atoms with Gasteiger partial charge >= 0.3 is 12.2 Å². The van der Waals surface area contributed by atoms with Crippen molar-refractivity contribution in [3.8, 4) is 22.9 Å². The highest BCUT2D eigenvalue weighted by molar-refractivity contribution is 5.75. The number of carbonyl (C=O) groups excluding carboxylic acids is 2. The fourth-order valence-electron chi connectivity index (χ4n) is 4.96. The van der Waals surface area contributed by atoms with Crippen molar-refractivity contribution >= 4 is 23.3 Å². The van der Waals surface area contributed by atoms with Gasteiger partial charge < -0.3 is 23.7 Å². The average Bonchev–Trinajstić information content (AvgIpc) is 3.46. The summed E-state index contributed by atoms with van der Waals surface area (Å²) in [5.41, 5.74) is 5.28. The zero-order valence-electron chi connectivity index (χ0n) is 25.8. The predicted molar refractivity (Wildman–Crippen MR) is 166 cm³/mol. The van der Waals surface area contributed by atoms with Crippen molar-refractivity contribution in [2.45, 2.75) is 65.6 Å². The van der Waals surface area contributed by atoms with E-state index in [-0.39, 0.29) is 12.2 Å². The number of aromatic nitrogens is 2. The number of ether oxygens (including phenoxy) is 2. The smallest absolute Gasteiger partial charge is 0.410 e. The first-order valence-corrected chi connectivity index (χ1v) is 14.7. The maximum absolute atomic E-state index is 12.4. The van der Waals surface area contributed by atoms with Crippen molar-refractivity contribution in [3.05, 3.63) is 71.8 Å². The molecule has 2 aliphatic heterocycles. The van der Waals surface area contributed by atoms with Crippen LogP contribution in [0.3, 0.4) is 0 Å². The van der Waals surface area contributed by atoms with Crippen LogP contribution in [-0.4, -0.2) is 69.6 Å². The highest BCUT2D eigenvalue weighted by Crippen LogP contribution is 2.30. The summed E-state index contributed by atoms with van der Waals surface area (Å²) in [6.07, 6.45) is 5.13. The van der Waals surface area contributed by atoms with Crippen molar-refractivity contribution in [2.75, 3.05) is 26.2 Å². The van der Waals surface area contributed by atoms with Gasteiger partial charge in [-0.3, -0.25) is 0 Å². The molecule has 0 spiro atoms. The van der Waals surface area contributed by atoms with Crippen LogP contribution in [0.5, 0.6) is 0 Å². The van der Waals surface area contributed by atoms with Crippen LogP contribution in [0.15, 0.2) is 65.1 Å². The molecule has 0 bridgehead atoms. The van der Waals surface area contributed by atoms with Gasteiger partial charge in [0.2, 0.25) is 11.8 Å². The van der Waals surface area contributed by atoms with Gasteiger partial charge in [0.05, 0.1) is 0 Å². The topological polar surface area (TPSA) is 98.0 Å². The van der Waals surface area contributed by atoms with Crippen molar-refractivity contribution in [2.24, 2.45) is 0 Å². The predicted octanol–water partition coefficient (Wildman–Crippen LogP) is 7.45. The third-order valence-corrected chi connectivity index (χ3v) is 7.15. The molecule has 5 rings (SSSR count). The zero-order chi connectivity index (χ0) is 30.8. The number of amides is 2. The Hall–Kier alpha value is -4.40. The maximum atomic E-state index is 12.4. The van der Waals surface area contributed by atoms with E-state index in [9.17, 15) is 9.59 Å². The van der Waals surface area contributed by atoms with Gasteiger partial charge in [0, 0.05) is 37.3 Å². The van der Waals surface area contributed by atoms with Crippen LogP contribution < -0.4 is 0 Å². The normalized spacial score (nSPS) is 16.0. The minimum atomic E-state index is -0.503. The lowest BCUT2D eigenvalue weighted by Gasteiger charge is -2.29. The Bertz CT molecular complexity index is 1410. The molecule has 0 aliphatic carbocycles. The Balaban J connectivity index is 1.19. The molecule has 2 aromatic carbocycles. The molecule has 0 unspecified atom stereocenters. The monoisotopic (exact) mass is 584 g/mol. The Labute approximate surface area is 253 Å². The van der Waals surface area contributed by atoms with Crippen molar-refractivity contribution < 1.29 is 23.5 Å². The summed E-state index contributed by atoms with van der Waals surface area (Å²) in [5, 5.41) is 8.55. The highest BCUT2D eigenvalue weighted by atomic mass is 16.6. The minimum absolute atomic E-state index is 0.280. The summed E-state index contributed by atoms with van der Waals surface area (Å²) >= 11 is 0. The summed E-state index contributed by atoms with van der Waals surface area (Å²) < 4.78 is 17.0. The molecule has 2 amide bonds. The fraction of sp³-hybridized carbons (Fsp3) is 0.412. The van der Waals surface area contributed by atoms with Crippen molar-refractivity contribution in [1.82, 2.24) is 20.0 Å². The second-order valence-corrected chi connectivity index (χ2v) is 12.9. The van der Waals surface area contributed by atoms with E-state index < -0.39 is 11.2 Å². The van der Waals surface area contributed by atoms with Gasteiger partial charge in [-0.25, -0.2) is 9.59 Å². The number of hydrogen-bond acceptors (Lipinski definition) is 7. The fourth-order valence-corrected chi connectivity index (χ4v) is 4.96. The Morgan fingerprint density at radius 3 is 1.28 bits per heavy atom. The number of carbonyl (C=O) groups is 2. The molecule has 0 N–H and O–H groups in total. The molecular formula is C34H40N4O5. The zero-order valence-corrected chi connectivity index (χ0v) is 25.8. The largest absolute Gasteiger partial charge is 0.444 e. The average molecular weight is 585 g/mol. The van der Waals surface area contributed by atoms with Gasteiger partial charge in [0.25, 0.3) is 0 Å². The molecule has 2 aliphatic rings. The van der Waals surface area contributed by atoms with E-state index in [2.05, 4.69) is 22.3 Å². The van der Waals surface area contributed by atoms with Crippen LogP contribution in [0.25, 0.3) is 34.1 Å². The molecular weight excluding hydrogens is 544 g/mol. The first-order chi connectivity index (χ1) is 20.3. The summed E-state index contributed by atoms with van der Waals surface area (Å²) in [7, 11) is 0. The Morgan fingerprint density at radius 1 is 0.628 bits per heavy atom. The molecule has 1 aromatic heterocycles. The number of benzene rings is 2. The van der Waals surface area contributed by atoms with Gasteiger partial charge in [0.15, 0.2) is 0 Å². The molecule has 0 saturated heterocycles. The lowest BCUT2D eigenvalue weighted by Crippen LogP contribution is -2.39. The summed E-state index contributed by atoms with van der Waals surface area (Å²) in [4.78, 5) is 28.2. The first kappa shape index (κ1) is 30.1. The molecule has 3 aromatic rings. The van der Waals surface area contributed by atoms with E-state index in [0.717, 1.165) is 35.1 Å². The Morgan fingerprint density at radius 2 is 0.977 bits per heavy atom. The lowest BCUT2D eigenvalue weighted by atomic mass is 9.98.